The Morgan fingerprint density at radius 1 is 0.857 bits per heavy atom. The lowest BCUT2D eigenvalue weighted by molar-refractivity contribution is 0.258. The Bertz CT molecular complexity index is 1220. The van der Waals surface area contributed by atoms with Crippen LogP contribution in [0.15, 0.2) is 83.8 Å². The van der Waals surface area contributed by atoms with Crippen LogP contribution in [-0.2, 0) is 6.61 Å². The lowest BCUT2D eigenvalue weighted by Crippen LogP contribution is -2.00. The normalized spacial score (nSPS) is 11.0. The molecule has 3 heterocycles. The van der Waals surface area contributed by atoms with Crippen molar-refractivity contribution in [3.8, 4) is 22.9 Å². The van der Waals surface area contributed by atoms with Crippen molar-refractivity contribution in [3.63, 3.8) is 0 Å². The number of aromatic nitrogens is 5. The molecule has 0 bridgehead atoms. The first-order valence-corrected chi connectivity index (χ1v) is 8.75. The van der Waals surface area contributed by atoms with Gasteiger partial charge in [0.25, 0.3) is 0 Å². The van der Waals surface area contributed by atoms with Crippen molar-refractivity contribution < 1.29 is 9.15 Å². The molecule has 2 aromatic carbocycles. The highest BCUT2D eigenvalue weighted by Gasteiger charge is 2.13. The minimum Gasteiger partial charge on any atom is -0.467 e. The quantitative estimate of drug-likeness (QED) is 0.465. The molecule has 0 N–H and O–H groups in total. The van der Waals surface area contributed by atoms with Crippen molar-refractivity contribution in [2.45, 2.75) is 6.61 Å². The first kappa shape index (κ1) is 16.2. The van der Waals surface area contributed by atoms with Crippen molar-refractivity contribution in [1.29, 1.82) is 0 Å². The average molecular weight is 369 g/mol. The molecule has 0 radical (unpaired) electrons. The summed E-state index contributed by atoms with van der Waals surface area (Å²) in [5.74, 6) is 1.61. The van der Waals surface area contributed by atoms with Crippen LogP contribution >= 0.6 is 0 Å². The van der Waals surface area contributed by atoms with Gasteiger partial charge in [-0.15, -0.1) is 0 Å². The zero-order valence-electron chi connectivity index (χ0n) is 14.8. The maximum atomic E-state index is 5.84. The van der Waals surface area contributed by atoms with Gasteiger partial charge < -0.3 is 9.15 Å². The van der Waals surface area contributed by atoms with Gasteiger partial charge in [0.2, 0.25) is 11.8 Å². The molecular weight excluding hydrogens is 354 g/mol. The number of ether oxygens (including phenoxy) is 1. The van der Waals surface area contributed by atoms with Crippen LogP contribution in [0.3, 0.4) is 0 Å². The van der Waals surface area contributed by atoms with Gasteiger partial charge in [0.15, 0.2) is 18.0 Å². The number of rotatable bonds is 5. The van der Waals surface area contributed by atoms with Crippen LogP contribution in [0.1, 0.15) is 5.89 Å². The van der Waals surface area contributed by atoms with E-state index in [0.29, 0.717) is 23.2 Å². The third kappa shape index (κ3) is 2.99. The maximum absolute atomic E-state index is 5.84. The molecule has 0 saturated heterocycles. The molecule has 0 atom stereocenters. The fraction of sp³-hybridized carbons (Fsp3) is 0.0476. The molecule has 136 valence electrons. The molecule has 0 aliphatic carbocycles. The minimum atomic E-state index is 0.162. The molecule has 0 fully saturated rings. The zero-order chi connectivity index (χ0) is 18.8. The van der Waals surface area contributed by atoms with Crippen LogP contribution in [0, 0.1) is 0 Å². The molecule has 28 heavy (non-hydrogen) atoms. The molecule has 5 aromatic rings. The highest BCUT2D eigenvalue weighted by molar-refractivity contribution is 5.81. The van der Waals surface area contributed by atoms with Gasteiger partial charge in [0, 0.05) is 5.56 Å². The van der Waals surface area contributed by atoms with Crippen molar-refractivity contribution in [3.05, 3.63) is 85.3 Å². The summed E-state index contributed by atoms with van der Waals surface area (Å²) in [6.07, 6.45) is 4.85. The maximum Gasteiger partial charge on any atom is 0.233 e. The highest BCUT2D eigenvalue weighted by Crippen LogP contribution is 2.25. The number of hydrogen-bond donors (Lipinski definition) is 0. The second kappa shape index (κ2) is 6.96. The van der Waals surface area contributed by atoms with Gasteiger partial charge in [-0.2, -0.15) is 5.10 Å². The molecular formula is C21H15N5O2. The molecule has 0 aliphatic heterocycles. The van der Waals surface area contributed by atoms with Crippen molar-refractivity contribution >= 4 is 11.0 Å². The summed E-state index contributed by atoms with van der Waals surface area (Å²) in [6.45, 7) is 0.162. The molecule has 5 rings (SSSR count). The third-order valence-electron chi connectivity index (χ3n) is 4.27. The number of para-hydroxylation sites is 1. The van der Waals surface area contributed by atoms with E-state index in [9.17, 15) is 0 Å². The molecule has 7 nitrogen and oxygen atoms in total. The number of nitrogens with zero attached hydrogens (tertiary/aromatic N) is 5. The van der Waals surface area contributed by atoms with Gasteiger partial charge in [0.05, 0.1) is 18.1 Å². The van der Waals surface area contributed by atoms with E-state index in [4.69, 9.17) is 9.15 Å². The van der Waals surface area contributed by atoms with E-state index in [1.165, 1.54) is 6.33 Å². The largest absolute Gasteiger partial charge is 0.467 e. The summed E-state index contributed by atoms with van der Waals surface area (Å²) < 4.78 is 13.4. The predicted octanol–water partition coefficient (Wildman–Crippen LogP) is 4.05. The number of fused-ring (bicyclic) bond motifs is 1. The molecule has 0 saturated carbocycles. The van der Waals surface area contributed by atoms with Crippen LogP contribution in [0.5, 0.6) is 5.88 Å². The molecule has 0 spiro atoms. The summed E-state index contributed by atoms with van der Waals surface area (Å²) in [5, 5.41) is 5.14. The Morgan fingerprint density at radius 3 is 2.46 bits per heavy atom. The monoisotopic (exact) mass is 369 g/mol. The van der Waals surface area contributed by atoms with Crippen LogP contribution in [0.4, 0.5) is 0 Å². The summed E-state index contributed by atoms with van der Waals surface area (Å²) in [4.78, 5) is 12.9. The lowest BCUT2D eigenvalue weighted by Gasteiger charge is -2.05. The van der Waals surface area contributed by atoms with Crippen molar-refractivity contribution in [1.82, 2.24) is 24.7 Å². The second-order valence-corrected chi connectivity index (χ2v) is 6.08. The van der Waals surface area contributed by atoms with Gasteiger partial charge >= 0.3 is 0 Å². The topological polar surface area (TPSA) is 78.9 Å². The first-order valence-electron chi connectivity index (χ1n) is 8.75. The number of oxazole rings is 1. The summed E-state index contributed by atoms with van der Waals surface area (Å²) in [6, 6.07) is 19.6. The Labute approximate surface area is 160 Å². The molecule has 7 heteroatoms. The zero-order valence-corrected chi connectivity index (χ0v) is 14.8. The molecule has 3 aromatic heterocycles. The fourth-order valence-electron chi connectivity index (χ4n) is 2.94. The van der Waals surface area contributed by atoms with Crippen LogP contribution in [0.2, 0.25) is 0 Å². The lowest BCUT2D eigenvalue weighted by atomic mass is 10.2. The summed E-state index contributed by atoms with van der Waals surface area (Å²) >= 11 is 0. The summed E-state index contributed by atoms with van der Waals surface area (Å²) in [5.41, 5.74) is 2.56. The molecule has 0 amide bonds. The highest BCUT2D eigenvalue weighted by atomic mass is 16.5. The van der Waals surface area contributed by atoms with Gasteiger partial charge in [0.1, 0.15) is 11.7 Å². The Morgan fingerprint density at radius 2 is 1.64 bits per heavy atom. The van der Waals surface area contributed by atoms with Crippen LogP contribution in [-0.4, -0.2) is 24.7 Å². The smallest absolute Gasteiger partial charge is 0.233 e. The van der Waals surface area contributed by atoms with E-state index in [2.05, 4.69) is 20.1 Å². The van der Waals surface area contributed by atoms with E-state index in [1.54, 1.807) is 17.1 Å². The Balaban J connectivity index is 1.39. The van der Waals surface area contributed by atoms with E-state index >= 15 is 0 Å². The predicted molar refractivity (Wildman–Crippen MR) is 103 cm³/mol. The Kier molecular flexibility index (Phi) is 4.02. The van der Waals surface area contributed by atoms with Crippen LogP contribution < -0.4 is 4.74 Å². The molecule has 0 aliphatic rings. The SMILES string of the molecule is c1ccc(-c2cnc(COc3ncnc4c3cnn4-c3ccccc3)o2)cc1. The summed E-state index contributed by atoms with van der Waals surface area (Å²) in [7, 11) is 0. The van der Waals surface area contributed by atoms with E-state index in [1.807, 2.05) is 60.7 Å². The van der Waals surface area contributed by atoms with Crippen molar-refractivity contribution in [2.24, 2.45) is 0 Å². The van der Waals surface area contributed by atoms with Gasteiger partial charge in [-0.1, -0.05) is 48.5 Å². The number of hydrogen-bond acceptors (Lipinski definition) is 6. The third-order valence-corrected chi connectivity index (χ3v) is 4.27. The van der Waals surface area contributed by atoms with E-state index < -0.39 is 0 Å². The minimum absolute atomic E-state index is 0.162. The van der Waals surface area contributed by atoms with Gasteiger partial charge in [-0.25, -0.2) is 19.6 Å². The molecule has 0 unspecified atom stereocenters. The Hall–Kier alpha value is -4.00. The van der Waals surface area contributed by atoms with E-state index in [0.717, 1.165) is 16.6 Å². The standard InChI is InChI=1S/C21H15N5O2/c1-3-7-15(8-4-1)18-12-22-19(28-18)13-27-21-17-11-25-26(20(17)23-14-24-21)16-9-5-2-6-10-16/h1-12,14H,13H2. The van der Waals surface area contributed by atoms with E-state index in [-0.39, 0.29) is 6.61 Å². The van der Waals surface area contributed by atoms with Crippen molar-refractivity contribution in [2.75, 3.05) is 0 Å². The second-order valence-electron chi connectivity index (χ2n) is 6.08. The first-order chi connectivity index (χ1) is 13.9. The van der Waals surface area contributed by atoms with Crippen LogP contribution in [0.25, 0.3) is 28.0 Å². The average Bonchev–Trinajstić information content (AvgIpc) is 3.41. The number of benzene rings is 2. The van der Waals surface area contributed by atoms with Gasteiger partial charge in [-0.05, 0) is 12.1 Å². The van der Waals surface area contributed by atoms with Gasteiger partial charge in [-0.3, -0.25) is 0 Å². The fourth-order valence-corrected chi connectivity index (χ4v) is 2.94.